The quantitative estimate of drug-likeness (QED) is 0.888. The molecule has 3 nitrogen and oxygen atoms in total. The molecular weight excluding hydrogens is 234 g/mol. The summed E-state index contributed by atoms with van der Waals surface area (Å²) in [5, 5.41) is 0. The number of rotatable bonds is 2. The van der Waals surface area contributed by atoms with E-state index >= 15 is 0 Å². The largest absolute Gasteiger partial charge is 0.356 e. The Balaban J connectivity index is 1.94. The Hall–Kier alpha value is -1.09. The second kappa shape index (κ2) is 5.49. The molecule has 0 radical (unpaired) electrons. The van der Waals surface area contributed by atoms with Crippen LogP contribution in [0.15, 0.2) is 6.07 Å². The lowest BCUT2D eigenvalue weighted by atomic mass is 9.94. The van der Waals surface area contributed by atoms with Crippen LogP contribution in [0.3, 0.4) is 0 Å². The Kier molecular flexibility index (Phi) is 3.74. The summed E-state index contributed by atoms with van der Waals surface area (Å²) in [6, 6.07) is 2.33. The van der Waals surface area contributed by atoms with Crippen molar-refractivity contribution in [2.45, 2.75) is 52.0 Å². The van der Waals surface area contributed by atoms with Gasteiger partial charge in [0, 0.05) is 30.9 Å². The lowest BCUT2D eigenvalue weighted by molar-refractivity contribution is 0.443. The van der Waals surface area contributed by atoms with Crippen LogP contribution in [-0.2, 0) is 19.4 Å². The summed E-state index contributed by atoms with van der Waals surface area (Å²) in [6.07, 6.45) is 7.56. The van der Waals surface area contributed by atoms with Crippen LogP contribution in [0.25, 0.3) is 0 Å². The van der Waals surface area contributed by atoms with Gasteiger partial charge in [-0.05, 0) is 56.1 Å². The van der Waals surface area contributed by atoms with Gasteiger partial charge in [0.25, 0.3) is 0 Å². The number of piperidine rings is 1. The molecule has 0 spiro atoms. The Morgan fingerprint density at radius 1 is 1.32 bits per heavy atom. The molecule has 19 heavy (non-hydrogen) atoms. The molecule has 1 fully saturated rings. The zero-order chi connectivity index (χ0) is 13.2. The van der Waals surface area contributed by atoms with Crippen LogP contribution in [0.1, 0.15) is 49.4 Å². The zero-order valence-electron chi connectivity index (χ0n) is 12.0. The SMILES string of the molecule is CC1CCCN(c2nc3c(cc2CN)CCCC3)C1. The number of fused-ring (bicyclic) bond motifs is 1. The van der Waals surface area contributed by atoms with E-state index in [1.54, 1.807) is 0 Å². The van der Waals surface area contributed by atoms with E-state index in [0.29, 0.717) is 6.54 Å². The molecule has 1 aliphatic carbocycles. The second-order valence-corrected chi connectivity index (χ2v) is 6.18. The van der Waals surface area contributed by atoms with Crippen molar-refractivity contribution in [3.63, 3.8) is 0 Å². The molecular formula is C16H25N3. The standard InChI is InChI=1S/C16H25N3/c1-12-5-4-8-19(11-12)16-14(10-17)9-13-6-2-3-7-15(13)18-16/h9,12H,2-8,10-11,17H2,1H3. The maximum atomic E-state index is 5.96. The fourth-order valence-corrected chi connectivity index (χ4v) is 3.48. The number of aromatic nitrogens is 1. The van der Waals surface area contributed by atoms with E-state index in [1.807, 2.05) is 0 Å². The molecule has 1 aromatic rings. The summed E-state index contributed by atoms with van der Waals surface area (Å²) >= 11 is 0. The molecule has 0 amide bonds. The molecule has 1 atom stereocenters. The second-order valence-electron chi connectivity index (χ2n) is 6.18. The Labute approximate surface area is 116 Å². The van der Waals surface area contributed by atoms with Crippen molar-refractivity contribution in [3.8, 4) is 0 Å². The van der Waals surface area contributed by atoms with Gasteiger partial charge >= 0.3 is 0 Å². The number of hydrogen-bond acceptors (Lipinski definition) is 3. The highest BCUT2D eigenvalue weighted by atomic mass is 15.2. The summed E-state index contributed by atoms with van der Waals surface area (Å²) in [5.74, 6) is 1.95. The third-order valence-electron chi connectivity index (χ3n) is 4.53. The van der Waals surface area contributed by atoms with Crippen molar-refractivity contribution in [2.24, 2.45) is 11.7 Å². The zero-order valence-corrected chi connectivity index (χ0v) is 12.0. The third-order valence-corrected chi connectivity index (χ3v) is 4.53. The number of pyridine rings is 1. The number of anilines is 1. The maximum absolute atomic E-state index is 5.96. The molecule has 104 valence electrons. The van der Waals surface area contributed by atoms with Gasteiger partial charge in [-0.1, -0.05) is 6.92 Å². The molecule has 1 aromatic heterocycles. The van der Waals surface area contributed by atoms with Crippen LogP contribution in [0, 0.1) is 5.92 Å². The number of hydrogen-bond donors (Lipinski definition) is 1. The first-order valence-electron chi connectivity index (χ1n) is 7.74. The van der Waals surface area contributed by atoms with Crippen molar-refractivity contribution in [1.82, 2.24) is 4.98 Å². The predicted molar refractivity (Wildman–Crippen MR) is 79.4 cm³/mol. The van der Waals surface area contributed by atoms with E-state index in [-0.39, 0.29) is 0 Å². The Bertz CT molecular complexity index is 456. The monoisotopic (exact) mass is 259 g/mol. The van der Waals surface area contributed by atoms with Crippen LogP contribution in [-0.4, -0.2) is 18.1 Å². The molecule has 3 rings (SSSR count). The van der Waals surface area contributed by atoms with Gasteiger partial charge in [-0.3, -0.25) is 0 Å². The van der Waals surface area contributed by atoms with Gasteiger partial charge in [0.05, 0.1) is 0 Å². The van der Waals surface area contributed by atoms with Gasteiger partial charge in [-0.15, -0.1) is 0 Å². The van der Waals surface area contributed by atoms with Crippen molar-refractivity contribution >= 4 is 5.82 Å². The lowest BCUT2D eigenvalue weighted by Crippen LogP contribution is -2.36. The molecule has 0 saturated carbocycles. The van der Waals surface area contributed by atoms with Crippen molar-refractivity contribution in [3.05, 3.63) is 22.9 Å². The summed E-state index contributed by atoms with van der Waals surface area (Å²) in [7, 11) is 0. The van der Waals surface area contributed by atoms with Crippen molar-refractivity contribution < 1.29 is 0 Å². The minimum atomic E-state index is 0.612. The topological polar surface area (TPSA) is 42.2 Å². The van der Waals surface area contributed by atoms with Crippen LogP contribution in [0.2, 0.25) is 0 Å². The highest BCUT2D eigenvalue weighted by Crippen LogP contribution is 2.29. The Morgan fingerprint density at radius 3 is 2.95 bits per heavy atom. The Morgan fingerprint density at radius 2 is 2.16 bits per heavy atom. The van der Waals surface area contributed by atoms with E-state index in [1.165, 1.54) is 54.7 Å². The van der Waals surface area contributed by atoms with Crippen LogP contribution in [0.4, 0.5) is 5.82 Å². The van der Waals surface area contributed by atoms with Gasteiger partial charge in [0.15, 0.2) is 0 Å². The minimum absolute atomic E-state index is 0.612. The molecule has 2 heterocycles. The molecule has 0 bridgehead atoms. The van der Waals surface area contributed by atoms with E-state index in [0.717, 1.165) is 25.4 Å². The molecule has 3 heteroatoms. The molecule has 1 unspecified atom stereocenters. The van der Waals surface area contributed by atoms with Crippen LogP contribution >= 0.6 is 0 Å². The normalized spacial score (nSPS) is 23.3. The van der Waals surface area contributed by atoms with E-state index in [2.05, 4.69) is 17.9 Å². The van der Waals surface area contributed by atoms with Gasteiger partial charge < -0.3 is 10.6 Å². The fourth-order valence-electron chi connectivity index (χ4n) is 3.48. The molecule has 0 aromatic carbocycles. The fraction of sp³-hybridized carbons (Fsp3) is 0.688. The first-order valence-corrected chi connectivity index (χ1v) is 7.74. The van der Waals surface area contributed by atoms with Crippen molar-refractivity contribution in [1.29, 1.82) is 0 Å². The summed E-state index contributed by atoms with van der Waals surface area (Å²) in [6.45, 7) is 5.23. The van der Waals surface area contributed by atoms with Gasteiger partial charge in [-0.2, -0.15) is 0 Å². The maximum Gasteiger partial charge on any atom is 0.133 e. The lowest BCUT2D eigenvalue weighted by Gasteiger charge is -2.34. The van der Waals surface area contributed by atoms with Crippen molar-refractivity contribution in [2.75, 3.05) is 18.0 Å². The molecule has 1 aliphatic heterocycles. The van der Waals surface area contributed by atoms with E-state index in [4.69, 9.17) is 10.7 Å². The average Bonchev–Trinajstić information content (AvgIpc) is 2.46. The minimum Gasteiger partial charge on any atom is -0.356 e. The van der Waals surface area contributed by atoms with Gasteiger partial charge in [-0.25, -0.2) is 4.98 Å². The van der Waals surface area contributed by atoms with E-state index in [9.17, 15) is 0 Å². The van der Waals surface area contributed by atoms with Gasteiger partial charge in [0.2, 0.25) is 0 Å². The first-order chi connectivity index (χ1) is 9.28. The smallest absolute Gasteiger partial charge is 0.133 e. The number of nitrogens with two attached hydrogens (primary N) is 1. The number of aryl methyl sites for hydroxylation is 2. The average molecular weight is 259 g/mol. The van der Waals surface area contributed by atoms with Crippen LogP contribution < -0.4 is 10.6 Å². The molecule has 1 saturated heterocycles. The van der Waals surface area contributed by atoms with Crippen LogP contribution in [0.5, 0.6) is 0 Å². The van der Waals surface area contributed by atoms with Gasteiger partial charge in [0.1, 0.15) is 5.82 Å². The summed E-state index contributed by atoms with van der Waals surface area (Å²) in [4.78, 5) is 7.45. The highest BCUT2D eigenvalue weighted by Gasteiger charge is 2.22. The van der Waals surface area contributed by atoms with E-state index < -0.39 is 0 Å². The number of nitrogens with zero attached hydrogens (tertiary/aromatic N) is 2. The summed E-state index contributed by atoms with van der Waals surface area (Å²) < 4.78 is 0. The highest BCUT2D eigenvalue weighted by molar-refractivity contribution is 5.51. The third kappa shape index (κ3) is 2.62. The summed E-state index contributed by atoms with van der Waals surface area (Å²) in [5.41, 5.74) is 9.98. The first kappa shape index (κ1) is 12.9. The predicted octanol–water partition coefficient (Wildman–Crippen LogP) is 2.66. The molecule has 2 aliphatic rings. The molecule has 2 N–H and O–H groups in total.